The Balaban J connectivity index is 3.36. The highest BCUT2D eigenvalue weighted by Gasteiger charge is 2.33. The van der Waals surface area contributed by atoms with Crippen LogP contribution in [0.3, 0.4) is 0 Å². The highest BCUT2D eigenvalue weighted by molar-refractivity contribution is 14.1. The predicted octanol–water partition coefficient (Wildman–Crippen LogP) is 2.26. The molecule has 4 nitrogen and oxygen atoms in total. The van der Waals surface area contributed by atoms with Gasteiger partial charge in [0.05, 0.1) is 3.70 Å². The molecule has 1 aromatic rings. The maximum Gasteiger partial charge on any atom is 0.573 e. The molecule has 1 aromatic heterocycles. The third kappa shape index (κ3) is 3.37. The maximum absolute atomic E-state index is 12.0. The van der Waals surface area contributed by atoms with Gasteiger partial charge in [0.15, 0.2) is 0 Å². The summed E-state index contributed by atoms with van der Waals surface area (Å²) in [6.07, 6.45) is -5.00. The number of aromatic nitrogens is 1. The van der Waals surface area contributed by atoms with Crippen LogP contribution in [-0.4, -0.2) is 16.6 Å². The number of hydrogen-bond donors (Lipinski definition) is 1. The molecular weight excluding hydrogens is 365 g/mol. The minimum absolute atomic E-state index is 0.0866. The molecule has 0 unspecified atom stereocenters. The number of carbonyl (C=O) groups excluding carboxylic acids is 1. The molecule has 9 heteroatoms. The average Bonchev–Trinajstić information content (AvgIpc) is 1.96. The molecule has 0 bridgehead atoms. The molecule has 0 saturated heterocycles. The van der Waals surface area contributed by atoms with Gasteiger partial charge in [0.1, 0.15) is 11.3 Å². The third-order valence-electron chi connectivity index (χ3n) is 1.39. The number of halogens is 5. The van der Waals surface area contributed by atoms with Crippen molar-refractivity contribution in [3.05, 3.63) is 25.7 Å². The van der Waals surface area contributed by atoms with E-state index in [1.807, 2.05) is 0 Å². The van der Waals surface area contributed by atoms with Crippen LogP contribution in [-0.2, 0) is 0 Å². The molecule has 1 N–H and O–H groups in total. The van der Waals surface area contributed by atoms with Crippen molar-refractivity contribution in [2.75, 3.05) is 0 Å². The fourth-order valence-electron chi connectivity index (χ4n) is 0.897. The monoisotopic (exact) mass is 367 g/mol. The van der Waals surface area contributed by atoms with Gasteiger partial charge in [-0.15, -0.1) is 13.2 Å². The van der Waals surface area contributed by atoms with E-state index in [1.54, 1.807) is 22.6 Å². The summed E-state index contributed by atoms with van der Waals surface area (Å²) in [5, 5.41) is -1.32. The zero-order valence-corrected chi connectivity index (χ0v) is 10.1. The minimum Gasteiger partial charge on any atom is -0.405 e. The van der Waals surface area contributed by atoms with E-state index in [9.17, 15) is 22.8 Å². The second kappa shape index (κ2) is 4.62. The number of nitrogens with one attached hydrogen (secondary N) is 1. The molecule has 0 amide bonds. The number of ether oxygens (including phenoxy) is 1. The first-order chi connectivity index (χ1) is 7.20. The van der Waals surface area contributed by atoms with Gasteiger partial charge < -0.3 is 9.72 Å². The lowest BCUT2D eigenvalue weighted by molar-refractivity contribution is -0.274. The lowest BCUT2D eigenvalue weighted by atomic mass is 10.3. The number of aromatic amines is 1. The smallest absolute Gasteiger partial charge is 0.405 e. The second-order valence-corrected chi connectivity index (χ2v) is 4.01. The summed E-state index contributed by atoms with van der Waals surface area (Å²) in [7, 11) is 0. The summed E-state index contributed by atoms with van der Waals surface area (Å²) < 4.78 is 39.5. The summed E-state index contributed by atoms with van der Waals surface area (Å²) in [4.78, 5) is 24.1. The van der Waals surface area contributed by atoms with Crippen molar-refractivity contribution >= 4 is 39.4 Å². The molecule has 1 heterocycles. The number of hydrogen-bond acceptors (Lipinski definition) is 3. The normalized spacial score (nSPS) is 11.3. The quantitative estimate of drug-likeness (QED) is 0.496. The van der Waals surface area contributed by atoms with E-state index in [2.05, 4.69) is 9.72 Å². The van der Waals surface area contributed by atoms with Gasteiger partial charge in [-0.1, -0.05) is 0 Å². The Labute approximate surface area is 105 Å². The van der Waals surface area contributed by atoms with Crippen molar-refractivity contribution in [3.63, 3.8) is 0 Å². The van der Waals surface area contributed by atoms with Gasteiger partial charge in [-0.25, -0.2) is 0 Å². The fraction of sp³-hybridized carbons (Fsp3) is 0.143. The Bertz CT molecular complexity index is 485. The van der Waals surface area contributed by atoms with Crippen LogP contribution in [0.1, 0.15) is 10.4 Å². The van der Waals surface area contributed by atoms with Gasteiger partial charge in [-0.3, -0.25) is 9.59 Å². The molecule has 0 saturated carbocycles. The van der Waals surface area contributed by atoms with E-state index in [0.717, 1.165) is 6.07 Å². The van der Waals surface area contributed by atoms with Crippen molar-refractivity contribution < 1.29 is 22.7 Å². The van der Waals surface area contributed by atoms with Gasteiger partial charge in [0.25, 0.3) is 10.8 Å². The highest BCUT2D eigenvalue weighted by Crippen LogP contribution is 2.26. The molecule has 1 rings (SSSR count). The molecule has 0 fully saturated rings. The number of alkyl halides is 3. The second-order valence-electron chi connectivity index (χ2n) is 2.51. The van der Waals surface area contributed by atoms with Crippen LogP contribution in [0.15, 0.2) is 10.9 Å². The van der Waals surface area contributed by atoms with Crippen LogP contribution >= 0.6 is 34.2 Å². The third-order valence-corrected chi connectivity index (χ3v) is 2.16. The molecule has 0 aliphatic heterocycles. The van der Waals surface area contributed by atoms with E-state index >= 15 is 0 Å². The highest BCUT2D eigenvalue weighted by atomic mass is 127. The van der Waals surface area contributed by atoms with E-state index < -0.39 is 28.5 Å². The first-order valence-corrected chi connectivity index (χ1v) is 5.05. The first kappa shape index (κ1) is 13.3. The van der Waals surface area contributed by atoms with Crippen LogP contribution in [0.2, 0.25) is 0 Å². The zero-order valence-electron chi connectivity index (χ0n) is 7.19. The van der Waals surface area contributed by atoms with Crippen molar-refractivity contribution in [1.29, 1.82) is 0 Å². The predicted molar refractivity (Wildman–Crippen MR) is 56.6 cm³/mol. The number of H-pyrrole nitrogens is 1. The Morgan fingerprint density at radius 1 is 1.50 bits per heavy atom. The van der Waals surface area contributed by atoms with Crippen molar-refractivity contribution in [2.45, 2.75) is 6.36 Å². The van der Waals surface area contributed by atoms with Gasteiger partial charge in [0.2, 0.25) is 0 Å². The van der Waals surface area contributed by atoms with Crippen molar-refractivity contribution in [2.24, 2.45) is 0 Å². The Hall–Kier alpha value is -0.770. The van der Waals surface area contributed by atoms with E-state index in [1.165, 1.54) is 0 Å². The zero-order chi connectivity index (χ0) is 12.5. The molecule has 0 aliphatic carbocycles. The van der Waals surface area contributed by atoms with Crippen LogP contribution in [0.5, 0.6) is 5.75 Å². The summed E-state index contributed by atoms with van der Waals surface area (Å²) in [6.45, 7) is 0. The topological polar surface area (TPSA) is 59.2 Å². The van der Waals surface area contributed by atoms with Crippen LogP contribution in [0.25, 0.3) is 0 Å². The van der Waals surface area contributed by atoms with E-state index in [-0.39, 0.29) is 3.70 Å². The van der Waals surface area contributed by atoms with Gasteiger partial charge in [0, 0.05) is 6.07 Å². The van der Waals surface area contributed by atoms with E-state index in [0.29, 0.717) is 0 Å². The minimum atomic E-state index is -5.00. The number of pyridine rings is 1. The van der Waals surface area contributed by atoms with Crippen LogP contribution < -0.4 is 10.3 Å². The molecule has 0 aromatic carbocycles. The lowest BCUT2D eigenvalue weighted by Gasteiger charge is -2.10. The molecule has 0 spiro atoms. The SMILES string of the molecule is O=C(Cl)c1c(OC(F)(F)F)cc(I)[nH]c1=O. The van der Waals surface area contributed by atoms with Gasteiger partial charge >= 0.3 is 6.36 Å². The van der Waals surface area contributed by atoms with Crippen LogP contribution in [0, 0.1) is 3.70 Å². The average molecular weight is 367 g/mol. The Kier molecular flexibility index (Phi) is 3.84. The Morgan fingerprint density at radius 3 is 2.50 bits per heavy atom. The largest absolute Gasteiger partial charge is 0.573 e. The summed E-state index contributed by atoms with van der Waals surface area (Å²) in [5.41, 5.74) is -1.91. The first-order valence-electron chi connectivity index (χ1n) is 3.59. The van der Waals surface area contributed by atoms with Crippen molar-refractivity contribution in [1.82, 2.24) is 4.98 Å². The van der Waals surface area contributed by atoms with Gasteiger partial charge in [-0.05, 0) is 34.2 Å². The van der Waals surface area contributed by atoms with Crippen molar-refractivity contribution in [3.8, 4) is 5.75 Å². The molecule has 16 heavy (non-hydrogen) atoms. The molecular formula is C7H2ClF3INO3. The summed E-state index contributed by atoms with van der Waals surface area (Å²) in [6, 6.07) is 0.852. The summed E-state index contributed by atoms with van der Waals surface area (Å²) in [5.74, 6) is -0.916. The maximum atomic E-state index is 12.0. The molecule has 88 valence electrons. The van der Waals surface area contributed by atoms with Gasteiger partial charge in [-0.2, -0.15) is 0 Å². The standard InChI is InChI=1S/C7H2ClF3INO3/c8-5(14)4-2(16-7(9,10)11)1-3(12)13-6(4)15/h1H,(H,13,15). The number of rotatable bonds is 2. The molecule has 0 atom stereocenters. The van der Waals surface area contributed by atoms with E-state index in [4.69, 9.17) is 11.6 Å². The Morgan fingerprint density at radius 2 is 2.06 bits per heavy atom. The summed E-state index contributed by atoms with van der Waals surface area (Å²) >= 11 is 6.55. The lowest BCUT2D eigenvalue weighted by Crippen LogP contribution is -2.23. The fourth-order valence-corrected chi connectivity index (χ4v) is 1.60. The molecule has 0 aliphatic rings. The van der Waals surface area contributed by atoms with Crippen LogP contribution in [0.4, 0.5) is 13.2 Å². The number of carbonyl (C=O) groups is 1. The molecule has 0 radical (unpaired) electrons.